The second-order valence-corrected chi connectivity index (χ2v) is 4.62. The molecule has 0 saturated heterocycles. The molecule has 1 aromatic carbocycles. The van der Waals surface area contributed by atoms with Crippen LogP contribution in [-0.2, 0) is 0 Å². The summed E-state index contributed by atoms with van der Waals surface area (Å²) in [5.74, 6) is 0. The molecule has 5 nitrogen and oxygen atoms in total. The maximum absolute atomic E-state index is 8.60. The largest absolute Gasteiger partial charge is 0.211 e. The highest BCUT2D eigenvalue weighted by Gasteiger charge is 2.02. The summed E-state index contributed by atoms with van der Waals surface area (Å²) in [6, 6.07) is 16.8. The van der Waals surface area contributed by atoms with E-state index in [1.165, 1.54) is 16.3 Å². The van der Waals surface area contributed by atoms with Crippen molar-refractivity contribution >= 4 is 16.3 Å². The lowest BCUT2D eigenvalue weighted by molar-refractivity contribution is -1.92. The summed E-state index contributed by atoms with van der Waals surface area (Å²) in [6.07, 6.45) is 4.23. The van der Waals surface area contributed by atoms with Gasteiger partial charge < -0.3 is 0 Å². The van der Waals surface area contributed by atoms with Gasteiger partial charge in [0.05, 0.1) is 14.9 Å². The van der Waals surface area contributed by atoms with Gasteiger partial charge in [0.25, 0.3) is 0 Å². The molecule has 0 bridgehead atoms. The van der Waals surface area contributed by atoms with Crippen LogP contribution >= 0.6 is 0 Å². The van der Waals surface area contributed by atoms with Crippen molar-refractivity contribution in [3.05, 3.63) is 60.9 Å². The van der Waals surface area contributed by atoms with Crippen LogP contribution in [-0.4, -0.2) is 4.66 Å². The van der Waals surface area contributed by atoms with E-state index in [2.05, 4.69) is 59.3 Å². The Balaban J connectivity index is 0.000000232. The van der Waals surface area contributed by atoms with Gasteiger partial charge in [-0.2, -0.15) is 18.4 Å². The molecule has 2 aromatic heterocycles. The molecule has 0 saturated carbocycles. The van der Waals surface area contributed by atoms with E-state index in [0.717, 1.165) is 0 Å². The van der Waals surface area contributed by atoms with Crippen molar-refractivity contribution in [3.8, 4) is 0 Å². The summed E-state index contributed by atoms with van der Waals surface area (Å²) in [4.78, 5) is 0. The summed E-state index contributed by atoms with van der Waals surface area (Å²) in [6.45, 7) is 0. The van der Waals surface area contributed by atoms with E-state index >= 15 is 0 Å². The molecule has 0 unspecified atom stereocenters. The average Bonchev–Trinajstić information content (AvgIpc) is 2.34. The quantitative estimate of drug-likeness (QED) is 0.399. The number of hydrogen-bond donors (Lipinski definition) is 1. The molecule has 0 fully saturated rings. The van der Waals surface area contributed by atoms with Crippen molar-refractivity contribution in [1.82, 2.24) is 0 Å². The van der Waals surface area contributed by atoms with Crippen LogP contribution < -0.4 is 18.4 Å². The summed E-state index contributed by atoms with van der Waals surface area (Å²) >= 11 is 0. The zero-order valence-corrected chi connectivity index (χ0v) is 10.5. The molecule has 0 spiro atoms. The number of pyridine rings is 2. The molecule has 0 aliphatic carbocycles. The first-order valence-electron chi connectivity index (χ1n) is 5.35. The first-order chi connectivity index (χ1) is 8.93. The lowest BCUT2D eigenvalue weighted by Gasteiger charge is -2.03. The number of rotatable bonds is 0. The van der Waals surface area contributed by atoms with Gasteiger partial charge in [-0.15, -0.1) is 0 Å². The molecule has 19 heavy (non-hydrogen) atoms. The van der Waals surface area contributed by atoms with Crippen molar-refractivity contribution in [3.63, 3.8) is 0 Å². The molecular weight excluding hydrogens is 270 g/mol. The van der Waals surface area contributed by atoms with Crippen molar-refractivity contribution < 1.29 is 33.3 Å². The van der Waals surface area contributed by atoms with Crippen molar-refractivity contribution in [1.29, 1.82) is 0 Å². The Bertz CT molecular complexity index is 586. The van der Waals surface area contributed by atoms with E-state index in [-0.39, 0.29) is 0 Å². The van der Waals surface area contributed by atoms with Crippen LogP contribution in [0, 0.1) is 10.2 Å². The molecule has 0 amide bonds. The Hall–Kier alpha value is -1.76. The third kappa shape index (κ3) is 4.13. The standard InChI is InChI=1S/C13H10N.ClHO4/c1-2-6-12-10-14-8-4-3-7-13(14)9-11(12)5-1;2-1(3,4)5/h1-10H;(H,2,3,4,5)/q+1;. The zero-order chi connectivity index (χ0) is 13.9. The maximum atomic E-state index is 8.60. The Kier molecular flexibility index (Phi) is 3.94. The average molecular weight is 281 g/mol. The third-order valence-corrected chi connectivity index (χ3v) is 2.50. The Labute approximate surface area is 111 Å². The second-order valence-electron chi connectivity index (χ2n) is 3.83. The number of hydrogen-bond acceptors (Lipinski definition) is 4. The molecule has 0 atom stereocenters. The van der Waals surface area contributed by atoms with Crippen LogP contribution in [0.3, 0.4) is 0 Å². The van der Waals surface area contributed by atoms with E-state index in [9.17, 15) is 0 Å². The number of nitrogens with zero attached hydrogens (tertiary/aromatic N) is 1. The van der Waals surface area contributed by atoms with Gasteiger partial charge in [0, 0.05) is 23.6 Å². The SMILES string of the molecule is [O-][Cl+3]([O-])([O-])O.c1ccc2c[n+]3ccccc3cc2c1. The minimum atomic E-state index is -4.69. The van der Waals surface area contributed by atoms with E-state index in [1.807, 2.05) is 6.07 Å². The zero-order valence-electron chi connectivity index (χ0n) is 9.77. The van der Waals surface area contributed by atoms with Crippen LogP contribution in [0.25, 0.3) is 16.3 Å². The van der Waals surface area contributed by atoms with Gasteiger partial charge in [0.2, 0.25) is 5.52 Å². The van der Waals surface area contributed by atoms with Crippen LogP contribution in [0.5, 0.6) is 0 Å². The lowest BCUT2D eigenvalue weighted by Crippen LogP contribution is -2.58. The number of halogens is 1. The molecule has 1 N–H and O–H groups in total. The molecule has 6 heteroatoms. The smallest absolute Gasteiger partial charge is 0.183 e. The van der Waals surface area contributed by atoms with Gasteiger partial charge in [0.1, 0.15) is 0 Å². The van der Waals surface area contributed by atoms with Crippen LogP contribution in [0.15, 0.2) is 60.9 Å². The molecular formula is C13H11ClNO4+. The van der Waals surface area contributed by atoms with Crippen LogP contribution in [0.2, 0.25) is 0 Å². The minimum absolute atomic E-state index is 1.23. The van der Waals surface area contributed by atoms with Crippen molar-refractivity contribution in [2.75, 3.05) is 0 Å². The molecule has 0 aliphatic heterocycles. The van der Waals surface area contributed by atoms with Gasteiger partial charge >= 0.3 is 0 Å². The fourth-order valence-electron chi connectivity index (χ4n) is 1.78. The molecule has 0 aliphatic rings. The first-order valence-corrected chi connectivity index (χ1v) is 6.62. The summed E-state index contributed by atoms with van der Waals surface area (Å²) in [5, 5.41) is 2.56. The van der Waals surface area contributed by atoms with Gasteiger partial charge in [-0.25, -0.2) is 0 Å². The molecule has 3 rings (SSSR count). The Morgan fingerprint density at radius 1 is 0.895 bits per heavy atom. The Morgan fingerprint density at radius 3 is 2.16 bits per heavy atom. The van der Waals surface area contributed by atoms with Crippen LogP contribution in [0.4, 0.5) is 0 Å². The second kappa shape index (κ2) is 5.48. The summed E-state index contributed by atoms with van der Waals surface area (Å²) in [7, 11) is -4.69. The van der Waals surface area contributed by atoms with Crippen molar-refractivity contribution in [2.45, 2.75) is 0 Å². The molecule has 98 valence electrons. The van der Waals surface area contributed by atoms with E-state index in [0.29, 0.717) is 0 Å². The van der Waals surface area contributed by atoms with Gasteiger partial charge in [-0.1, -0.05) is 18.2 Å². The number of benzene rings is 1. The highest BCUT2D eigenvalue weighted by Crippen LogP contribution is 2.12. The molecule has 2 heterocycles. The lowest BCUT2D eigenvalue weighted by atomic mass is 10.1. The van der Waals surface area contributed by atoms with Gasteiger partial charge in [-0.3, -0.25) is 0 Å². The molecule has 0 radical (unpaired) electrons. The highest BCUT2D eigenvalue weighted by atomic mass is 35.7. The van der Waals surface area contributed by atoms with Crippen LogP contribution in [0.1, 0.15) is 0 Å². The topological polar surface area (TPSA) is 93.5 Å². The predicted molar refractivity (Wildman–Crippen MR) is 59.3 cm³/mol. The Morgan fingerprint density at radius 2 is 1.47 bits per heavy atom. The predicted octanol–water partition coefficient (Wildman–Crippen LogP) is -1.55. The number of fused-ring (bicyclic) bond motifs is 2. The highest BCUT2D eigenvalue weighted by molar-refractivity contribution is 5.83. The normalized spacial score (nSPS) is 11.2. The number of aromatic nitrogens is 1. The fraction of sp³-hybridized carbons (Fsp3) is 0. The van der Waals surface area contributed by atoms with Crippen molar-refractivity contribution in [2.24, 2.45) is 0 Å². The van der Waals surface area contributed by atoms with E-state index < -0.39 is 10.2 Å². The monoisotopic (exact) mass is 280 g/mol. The molecule has 3 aromatic rings. The van der Waals surface area contributed by atoms with E-state index in [4.69, 9.17) is 18.6 Å². The summed E-state index contributed by atoms with van der Waals surface area (Å²) in [5.41, 5.74) is 1.23. The third-order valence-electron chi connectivity index (χ3n) is 2.50. The summed E-state index contributed by atoms with van der Waals surface area (Å²) < 4.78 is 34.9. The van der Waals surface area contributed by atoms with Gasteiger partial charge in [-0.05, 0) is 17.5 Å². The fourth-order valence-corrected chi connectivity index (χ4v) is 1.78. The maximum Gasteiger partial charge on any atom is 0.211 e. The first kappa shape index (κ1) is 13.7. The minimum Gasteiger partial charge on any atom is -0.183 e. The van der Waals surface area contributed by atoms with E-state index in [1.54, 1.807) is 0 Å². The van der Waals surface area contributed by atoms with Gasteiger partial charge in [0.15, 0.2) is 12.4 Å².